The topological polar surface area (TPSA) is 44.4 Å². The van der Waals surface area contributed by atoms with Gasteiger partial charge in [-0.05, 0) is 64.0 Å². The van der Waals surface area contributed by atoms with Crippen LogP contribution in [0.2, 0.25) is 10.0 Å². The highest BCUT2D eigenvalue weighted by molar-refractivity contribution is 6.39. The molecule has 1 aliphatic rings. The summed E-state index contributed by atoms with van der Waals surface area (Å²) >= 11 is 12.1. The molecule has 0 aromatic heterocycles. The monoisotopic (exact) mass is 379 g/mol. The number of halogens is 3. The molecule has 0 unspecified atom stereocenters. The maximum absolute atomic E-state index is 12.2. The smallest absolute Gasteiger partial charge is 0.238 e. The fraction of sp³-hybridized carbons (Fsp3) is 0.562. The normalized spacial score (nSPS) is 16.0. The van der Waals surface area contributed by atoms with E-state index in [1.807, 2.05) is 7.05 Å². The summed E-state index contributed by atoms with van der Waals surface area (Å²) in [5.41, 5.74) is 0.500. The van der Waals surface area contributed by atoms with Crippen LogP contribution in [0.25, 0.3) is 0 Å². The number of para-hydroxylation sites is 1. The van der Waals surface area contributed by atoms with E-state index in [1.54, 1.807) is 18.2 Å². The number of amides is 1. The molecule has 130 valence electrons. The molecule has 2 N–H and O–H groups in total. The maximum atomic E-state index is 12.2. The molecule has 1 fully saturated rings. The van der Waals surface area contributed by atoms with Crippen LogP contribution in [0.1, 0.15) is 19.3 Å². The van der Waals surface area contributed by atoms with E-state index < -0.39 is 0 Å². The van der Waals surface area contributed by atoms with Gasteiger partial charge in [0.1, 0.15) is 0 Å². The van der Waals surface area contributed by atoms with Crippen LogP contribution in [-0.4, -0.2) is 44.0 Å². The average molecular weight is 381 g/mol. The summed E-state index contributed by atoms with van der Waals surface area (Å²) in [7, 11) is 1.99. The van der Waals surface area contributed by atoms with E-state index in [0.717, 1.165) is 38.4 Å². The predicted molar refractivity (Wildman–Crippen MR) is 100 cm³/mol. The summed E-state index contributed by atoms with van der Waals surface area (Å²) in [5, 5.41) is 6.94. The van der Waals surface area contributed by atoms with Crippen molar-refractivity contribution >= 4 is 47.2 Å². The SMILES string of the molecule is CNCCC1CCN(CC(=O)Nc2c(Cl)cccc2Cl)CC1.Cl. The van der Waals surface area contributed by atoms with Crippen LogP contribution in [0.15, 0.2) is 18.2 Å². The maximum Gasteiger partial charge on any atom is 0.238 e. The van der Waals surface area contributed by atoms with Crippen molar-refractivity contribution in [2.24, 2.45) is 5.92 Å². The van der Waals surface area contributed by atoms with Gasteiger partial charge in [-0.3, -0.25) is 9.69 Å². The summed E-state index contributed by atoms with van der Waals surface area (Å²) in [4.78, 5) is 14.3. The minimum absolute atomic E-state index is 0. The quantitative estimate of drug-likeness (QED) is 0.791. The van der Waals surface area contributed by atoms with Crippen molar-refractivity contribution in [2.45, 2.75) is 19.3 Å². The molecule has 1 amide bonds. The van der Waals surface area contributed by atoms with Gasteiger partial charge in [0.05, 0.1) is 22.3 Å². The molecule has 4 nitrogen and oxygen atoms in total. The number of nitrogens with zero attached hydrogens (tertiary/aromatic N) is 1. The number of carbonyl (C=O) groups is 1. The van der Waals surface area contributed by atoms with E-state index in [0.29, 0.717) is 22.3 Å². The molecule has 0 saturated carbocycles. The van der Waals surface area contributed by atoms with Gasteiger partial charge < -0.3 is 10.6 Å². The van der Waals surface area contributed by atoms with E-state index in [4.69, 9.17) is 23.2 Å². The molecule has 0 bridgehead atoms. The summed E-state index contributed by atoms with van der Waals surface area (Å²) in [6, 6.07) is 5.20. The van der Waals surface area contributed by atoms with Crippen LogP contribution in [0, 0.1) is 5.92 Å². The minimum atomic E-state index is -0.0660. The Bertz CT molecular complexity index is 485. The van der Waals surface area contributed by atoms with Crippen molar-refractivity contribution in [1.82, 2.24) is 10.2 Å². The summed E-state index contributed by atoms with van der Waals surface area (Å²) < 4.78 is 0. The highest BCUT2D eigenvalue weighted by Crippen LogP contribution is 2.29. The second-order valence-corrected chi connectivity index (χ2v) is 6.57. The number of likely N-dealkylation sites (tertiary alicyclic amines) is 1. The zero-order valence-electron chi connectivity index (χ0n) is 13.3. The number of benzene rings is 1. The summed E-state index contributed by atoms with van der Waals surface area (Å²) in [6.45, 7) is 3.40. The Balaban J connectivity index is 0.00000264. The number of piperidine rings is 1. The summed E-state index contributed by atoms with van der Waals surface area (Å²) in [5.74, 6) is 0.702. The van der Waals surface area contributed by atoms with Crippen molar-refractivity contribution in [1.29, 1.82) is 0 Å². The molecule has 7 heteroatoms. The fourth-order valence-electron chi connectivity index (χ4n) is 2.78. The molecule has 0 aliphatic carbocycles. The molecular weight excluding hydrogens is 357 g/mol. The van der Waals surface area contributed by atoms with Gasteiger partial charge >= 0.3 is 0 Å². The van der Waals surface area contributed by atoms with Crippen LogP contribution >= 0.6 is 35.6 Å². The van der Waals surface area contributed by atoms with Crippen LogP contribution in [-0.2, 0) is 4.79 Å². The van der Waals surface area contributed by atoms with E-state index in [9.17, 15) is 4.79 Å². The lowest BCUT2D eigenvalue weighted by molar-refractivity contribution is -0.117. The van der Waals surface area contributed by atoms with Crippen LogP contribution in [0.5, 0.6) is 0 Å². The lowest BCUT2D eigenvalue weighted by Crippen LogP contribution is -2.39. The van der Waals surface area contributed by atoms with Gasteiger partial charge in [-0.1, -0.05) is 29.3 Å². The van der Waals surface area contributed by atoms with Crippen molar-refractivity contribution in [3.63, 3.8) is 0 Å². The van der Waals surface area contributed by atoms with Gasteiger partial charge in [-0.15, -0.1) is 12.4 Å². The largest absolute Gasteiger partial charge is 0.322 e. The van der Waals surface area contributed by atoms with Crippen LogP contribution < -0.4 is 10.6 Å². The Labute approximate surface area is 154 Å². The van der Waals surface area contributed by atoms with Crippen molar-refractivity contribution < 1.29 is 4.79 Å². The Kier molecular flexibility index (Phi) is 9.25. The van der Waals surface area contributed by atoms with Gasteiger partial charge in [-0.2, -0.15) is 0 Å². The van der Waals surface area contributed by atoms with Gasteiger partial charge in [0.15, 0.2) is 0 Å². The molecule has 1 saturated heterocycles. The van der Waals surface area contributed by atoms with Gasteiger partial charge in [0.2, 0.25) is 5.91 Å². The Morgan fingerprint density at radius 3 is 2.43 bits per heavy atom. The van der Waals surface area contributed by atoms with Crippen molar-refractivity contribution in [3.05, 3.63) is 28.2 Å². The van der Waals surface area contributed by atoms with E-state index in [-0.39, 0.29) is 18.3 Å². The highest BCUT2D eigenvalue weighted by atomic mass is 35.5. The van der Waals surface area contributed by atoms with Gasteiger partial charge in [-0.25, -0.2) is 0 Å². The standard InChI is InChI=1S/C16H23Cl2N3O.ClH/c1-19-8-5-12-6-9-21(10-7-12)11-15(22)20-16-13(17)3-2-4-14(16)18;/h2-4,12,19H,5-11H2,1H3,(H,20,22);1H. The molecule has 1 aliphatic heterocycles. The van der Waals surface area contributed by atoms with Crippen molar-refractivity contribution in [2.75, 3.05) is 38.5 Å². The Morgan fingerprint density at radius 2 is 1.87 bits per heavy atom. The van der Waals surface area contributed by atoms with E-state index >= 15 is 0 Å². The molecule has 2 rings (SSSR count). The summed E-state index contributed by atoms with van der Waals surface area (Å²) in [6.07, 6.45) is 3.52. The van der Waals surface area contributed by atoms with Crippen LogP contribution in [0.3, 0.4) is 0 Å². The lowest BCUT2D eigenvalue weighted by atomic mass is 9.93. The first kappa shape index (κ1) is 20.5. The van der Waals surface area contributed by atoms with E-state index in [1.165, 1.54) is 6.42 Å². The van der Waals surface area contributed by atoms with E-state index in [2.05, 4.69) is 15.5 Å². The first-order valence-electron chi connectivity index (χ1n) is 7.71. The molecular formula is C16H24Cl3N3O. The third-order valence-electron chi connectivity index (χ3n) is 4.10. The third kappa shape index (κ3) is 6.48. The zero-order valence-corrected chi connectivity index (χ0v) is 15.6. The number of rotatable bonds is 6. The molecule has 0 spiro atoms. The van der Waals surface area contributed by atoms with Gasteiger partial charge in [0.25, 0.3) is 0 Å². The average Bonchev–Trinajstić information content (AvgIpc) is 2.50. The number of anilines is 1. The third-order valence-corrected chi connectivity index (χ3v) is 4.73. The number of carbonyl (C=O) groups excluding carboxylic acids is 1. The first-order valence-corrected chi connectivity index (χ1v) is 8.46. The molecule has 23 heavy (non-hydrogen) atoms. The Morgan fingerprint density at radius 1 is 1.26 bits per heavy atom. The highest BCUT2D eigenvalue weighted by Gasteiger charge is 2.21. The van der Waals surface area contributed by atoms with Crippen LogP contribution in [0.4, 0.5) is 5.69 Å². The first-order chi connectivity index (χ1) is 10.6. The Hall–Kier alpha value is -0.520. The number of hydrogen-bond acceptors (Lipinski definition) is 3. The zero-order chi connectivity index (χ0) is 15.9. The molecule has 0 atom stereocenters. The second-order valence-electron chi connectivity index (χ2n) is 5.76. The second kappa shape index (κ2) is 10.4. The van der Waals surface area contributed by atoms with Crippen molar-refractivity contribution in [3.8, 4) is 0 Å². The molecule has 1 heterocycles. The number of nitrogens with one attached hydrogen (secondary N) is 2. The predicted octanol–water partition coefficient (Wildman–Crippen LogP) is 3.68. The molecule has 1 aromatic carbocycles. The fourth-order valence-corrected chi connectivity index (χ4v) is 3.27. The minimum Gasteiger partial charge on any atom is -0.322 e. The lowest BCUT2D eigenvalue weighted by Gasteiger charge is -2.31. The molecule has 0 radical (unpaired) electrons. The molecule has 1 aromatic rings. The number of hydrogen-bond donors (Lipinski definition) is 2. The van der Waals surface area contributed by atoms with Gasteiger partial charge in [0, 0.05) is 0 Å².